The third kappa shape index (κ3) is 4.15. The van der Waals surface area contributed by atoms with Gasteiger partial charge in [0.25, 0.3) is 10.0 Å². The smallest absolute Gasteiger partial charge is 0.263 e. The number of anilines is 3. The van der Waals surface area contributed by atoms with Gasteiger partial charge in [-0.05, 0) is 67.4 Å². The first-order valence-electron chi connectivity index (χ1n) is 7.80. The van der Waals surface area contributed by atoms with E-state index in [1.54, 1.807) is 6.07 Å². The van der Waals surface area contributed by atoms with Gasteiger partial charge in [0.05, 0.1) is 4.90 Å². The molecule has 0 spiro atoms. The number of sulfonamides is 1. The van der Waals surface area contributed by atoms with Crippen molar-refractivity contribution in [3.63, 3.8) is 0 Å². The molecule has 1 aromatic heterocycles. The lowest BCUT2D eigenvalue weighted by Gasteiger charge is -2.09. The number of rotatable bonds is 5. The van der Waals surface area contributed by atoms with Gasteiger partial charge < -0.3 is 5.32 Å². The maximum atomic E-state index is 13.3. The third-order valence-corrected chi connectivity index (χ3v) is 4.99. The Bertz CT molecular complexity index is 1040. The first-order chi connectivity index (χ1) is 12.3. The Balaban J connectivity index is 1.75. The van der Waals surface area contributed by atoms with Crippen molar-refractivity contribution >= 4 is 27.3 Å². The molecular weight excluding hydrogens is 355 g/mol. The fraction of sp³-hybridized carbons (Fsp3) is 0.111. The third-order valence-electron chi connectivity index (χ3n) is 3.63. The summed E-state index contributed by atoms with van der Waals surface area (Å²) in [5.41, 5.74) is 2.20. The van der Waals surface area contributed by atoms with Crippen LogP contribution in [0.3, 0.4) is 0 Å². The summed E-state index contributed by atoms with van der Waals surface area (Å²) in [7, 11) is -3.87. The van der Waals surface area contributed by atoms with Crippen LogP contribution in [0.4, 0.5) is 21.7 Å². The topological polar surface area (TPSA) is 84.0 Å². The zero-order valence-corrected chi connectivity index (χ0v) is 15.0. The highest BCUT2D eigenvalue weighted by Gasteiger charge is 2.16. The number of hydrogen-bond acceptors (Lipinski definition) is 5. The Kier molecular flexibility index (Phi) is 4.85. The first kappa shape index (κ1) is 17.8. The largest absolute Gasteiger partial charge is 0.339 e. The highest BCUT2D eigenvalue weighted by Crippen LogP contribution is 2.19. The van der Waals surface area contributed by atoms with Crippen molar-refractivity contribution in [2.75, 3.05) is 10.0 Å². The van der Waals surface area contributed by atoms with E-state index in [0.717, 1.165) is 17.3 Å². The van der Waals surface area contributed by atoms with Crippen LogP contribution < -0.4 is 10.0 Å². The van der Waals surface area contributed by atoms with Crippen molar-refractivity contribution in [1.29, 1.82) is 0 Å². The maximum absolute atomic E-state index is 13.3. The van der Waals surface area contributed by atoms with E-state index in [0.29, 0.717) is 5.82 Å². The minimum atomic E-state index is -3.87. The van der Waals surface area contributed by atoms with Gasteiger partial charge in [0.2, 0.25) is 0 Å². The molecule has 0 bridgehead atoms. The number of benzene rings is 2. The second-order valence-corrected chi connectivity index (χ2v) is 7.50. The molecule has 0 saturated carbocycles. The van der Waals surface area contributed by atoms with E-state index in [4.69, 9.17) is 0 Å². The molecule has 0 fully saturated rings. The summed E-state index contributed by atoms with van der Waals surface area (Å²) in [5.74, 6) is 0.0910. The van der Waals surface area contributed by atoms with Gasteiger partial charge >= 0.3 is 0 Å². The molecule has 2 N–H and O–H groups in total. The van der Waals surface area contributed by atoms with Crippen LogP contribution in [0.5, 0.6) is 0 Å². The van der Waals surface area contributed by atoms with Crippen molar-refractivity contribution in [3.05, 3.63) is 71.5 Å². The highest BCUT2D eigenvalue weighted by molar-refractivity contribution is 7.92. The zero-order chi connectivity index (χ0) is 18.7. The normalized spacial score (nSPS) is 11.2. The molecule has 0 atom stereocenters. The van der Waals surface area contributed by atoms with E-state index in [9.17, 15) is 12.8 Å². The predicted molar refractivity (Wildman–Crippen MR) is 98.4 cm³/mol. The molecule has 8 heteroatoms. The van der Waals surface area contributed by atoms with Crippen molar-refractivity contribution in [2.45, 2.75) is 18.7 Å². The SMILES string of the molecule is Cc1cccc(Nc2ccc(NS(=O)(=O)c3ccc(F)c(C)c3)nn2)c1. The van der Waals surface area contributed by atoms with Crippen LogP contribution in [0.1, 0.15) is 11.1 Å². The van der Waals surface area contributed by atoms with Crippen LogP contribution >= 0.6 is 0 Å². The van der Waals surface area contributed by atoms with E-state index in [1.807, 2.05) is 31.2 Å². The molecule has 3 rings (SSSR count). The van der Waals surface area contributed by atoms with Gasteiger partial charge in [-0.2, -0.15) is 0 Å². The summed E-state index contributed by atoms with van der Waals surface area (Å²) in [6, 6.07) is 14.4. The molecule has 0 amide bonds. The number of halogens is 1. The molecule has 0 radical (unpaired) electrons. The van der Waals surface area contributed by atoms with Crippen LogP contribution in [-0.4, -0.2) is 18.6 Å². The number of hydrogen-bond donors (Lipinski definition) is 2. The van der Waals surface area contributed by atoms with E-state index < -0.39 is 15.8 Å². The Morgan fingerprint density at radius 3 is 2.31 bits per heavy atom. The van der Waals surface area contributed by atoms with Crippen LogP contribution in [0.2, 0.25) is 0 Å². The van der Waals surface area contributed by atoms with Gasteiger partial charge in [0.15, 0.2) is 11.6 Å². The number of aromatic nitrogens is 2. The lowest BCUT2D eigenvalue weighted by atomic mass is 10.2. The number of nitrogens with one attached hydrogen (secondary N) is 2. The predicted octanol–water partition coefficient (Wildman–Crippen LogP) is 3.78. The van der Waals surface area contributed by atoms with Crippen molar-refractivity contribution < 1.29 is 12.8 Å². The molecule has 0 saturated heterocycles. The Morgan fingerprint density at radius 2 is 1.65 bits per heavy atom. The molecule has 3 aromatic rings. The molecule has 26 heavy (non-hydrogen) atoms. The van der Waals surface area contributed by atoms with Gasteiger partial charge in [-0.15, -0.1) is 10.2 Å². The lowest BCUT2D eigenvalue weighted by Crippen LogP contribution is -2.14. The average molecular weight is 372 g/mol. The molecule has 0 unspecified atom stereocenters. The summed E-state index contributed by atoms with van der Waals surface area (Å²) in [6.07, 6.45) is 0. The molecule has 134 valence electrons. The van der Waals surface area contributed by atoms with Gasteiger partial charge in [0, 0.05) is 5.69 Å². The standard InChI is InChI=1S/C18H17FN4O2S/c1-12-4-3-5-14(10-12)20-17-8-9-18(22-21-17)23-26(24,25)15-6-7-16(19)13(2)11-15/h3-11H,1-2H3,(H,20,21)(H,22,23). The minimum absolute atomic E-state index is 0.0415. The number of aryl methyl sites for hydroxylation is 2. The Hall–Kier alpha value is -3.00. The molecule has 2 aromatic carbocycles. The van der Waals surface area contributed by atoms with Crippen LogP contribution in [0, 0.1) is 19.7 Å². The lowest BCUT2D eigenvalue weighted by molar-refractivity contribution is 0.598. The van der Waals surface area contributed by atoms with Crippen LogP contribution in [-0.2, 0) is 10.0 Å². The maximum Gasteiger partial charge on any atom is 0.263 e. The summed E-state index contributed by atoms with van der Waals surface area (Å²) < 4.78 is 40.4. The van der Waals surface area contributed by atoms with Crippen molar-refractivity contribution in [3.8, 4) is 0 Å². The molecule has 0 aliphatic rings. The molecule has 0 aliphatic carbocycles. The fourth-order valence-corrected chi connectivity index (χ4v) is 3.39. The first-order valence-corrected chi connectivity index (χ1v) is 9.28. The second-order valence-electron chi connectivity index (χ2n) is 5.81. The summed E-state index contributed by atoms with van der Waals surface area (Å²) in [4.78, 5) is -0.0415. The zero-order valence-electron chi connectivity index (χ0n) is 14.2. The van der Waals surface area contributed by atoms with Gasteiger partial charge in [-0.3, -0.25) is 4.72 Å². The Morgan fingerprint density at radius 1 is 0.923 bits per heavy atom. The van der Waals surface area contributed by atoms with Gasteiger partial charge in [-0.1, -0.05) is 12.1 Å². The van der Waals surface area contributed by atoms with Crippen LogP contribution in [0.25, 0.3) is 0 Å². The summed E-state index contributed by atoms with van der Waals surface area (Å²) >= 11 is 0. The molecule has 6 nitrogen and oxygen atoms in total. The summed E-state index contributed by atoms with van der Waals surface area (Å²) in [5, 5.41) is 10.9. The van der Waals surface area contributed by atoms with Crippen molar-refractivity contribution in [2.24, 2.45) is 0 Å². The molecular formula is C18H17FN4O2S. The highest BCUT2D eigenvalue weighted by atomic mass is 32.2. The fourth-order valence-electron chi connectivity index (χ4n) is 2.31. The van der Waals surface area contributed by atoms with E-state index in [1.165, 1.54) is 25.1 Å². The minimum Gasteiger partial charge on any atom is -0.339 e. The monoisotopic (exact) mass is 372 g/mol. The van der Waals surface area contributed by atoms with Crippen LogP contribution in [0.15, 0.2) is 59.5 Å². The van der Waals surface area contributed by atoms with E-state index >= 15 is 0 Å². The second kappa shape index (κ2) is 7.09. The molecule has 0 aliphatic heterocycles. The molecule has 1 heterocycles. The summed E-state index contributed by atoms with van der Waals surface area (Å²) in [6.45, 7) is 3.48. The average Bonchev–Trinajstić information content (AvgIpc) is 2.59. The quantitative estimate of drug-likeness (QED) is 0.712. The Labute approximate surface area is 151 Å². The van der Waals surface area contributed by atoms with E-state index in [2.05, 4.69) is 20.2 Å². The number of nitrogens with zero attached hydrogens (tertiary/aromatic N) is 2. The van der Waals surface area contributed by atoms with Gasteiger partial charge in [0.1, 0.15) is 5.82 Å². The van der Waals surface area contributed by atoms with Gasteiger partial charge in [-0.25, -0.2) is 12.8 Å². The van der Waals surface area contributed by atoms with Crippen molar-refractivity contribution in [1.82, 2.24) is 10.2 Å². The van der Waals surface area contributed by atoms with E-state index in [-0.39, 0.29) is 16.3 Å².